The highest BCUT2D eigenvalue weighted by molar-refractivity contribution is 5.96. The summed E-state index contributed by atoms with van der Waals surface area (Å²) >= 11 is 0. The predicted molar refractivity (Wildman–Crippen MR) is 123 cm³/mol. The molecule has 1 aromatic carbocycles. The van der Waals surface area contributed by atoms with Crippen molar-refractivity contribution in [2.24, 2.45) is 5.92 Å². The molecule has 36 heavy (non-hydrogen) atoms. The van der Waals surface area contributed by atoms with Crippen molar-refractivity contribution in [3.05, 3.63) is 35.1 Å². The first-order chi connectivity index (χ1) is 17.1. The molecule has 0 aromatic heterocycles. The molecule has 11 nitrogen and oxygen atoms in total. The van der Waals surface area contributed by atoms with Gasteiger partial charge in [0, 0.05) is 29.4 Å². The number of methoxy groups -OCH3 is 2. The van der Waals surface area contributed by atoms with Gasteiger partial charge in [-0.05, 0) is 44.1 Å². The molecule has 8 atom stereocenters. The summed E-state index contributed by atoms with van der Waals surface area (Å²) in [7, 11) is 4.99. The van der Waals surface area contributed by atoms with Crippen molar-refractivity contribution in [3.8, 4) is 11.5 Å². The molecule has 2 saturated heterocycles. The van der Waals surface area contributed by atoms with Gasteiger partial charge in [-0.15, -0.1) is 0 Å². The van der Waals surface area contributed by atoms with Gasteiger partial charge in [-0.25, -0.2) is 4.79 Å². The number of aliphatic carboxylic acids is 1. The Kier molecular flexibility index (Phi) is 6.24. The number of benzene rings is 1. The van der Waals surface area contributed by atoms with E-state index in [0.717, 1.165) is 17.7 Å². The van der Waals surface area contributed by atoms with Crippen LogP contribution >= 0.6 is 0 Å². The molecule has 0 spiro atoms. The van der Waals surface area contributed by atoms with Gasteiger partial charge < -0.3 is 44.3 Å². The number of aliphatic hydroxyl groups excluding tert-OH is 3. The molecule has 5 rings (SSSR count). The zero-order chi connectivity index (χ0) is 25.9. The second-order valence-corrected chi connectivity index (χ2v) is 10.0. The first kappa shape index (κ1) is 25.0. The Labute approximate surface area is 207 Å². The topological polar surface area (TPSA) is 155 Å². The van der Waals surface area contributed by atoms with Crippen molar-refractivity contribution in [3.63, 3.8) is 0 Å². The minimum Gasteiger partial charge on any atom is -0.493 e. The van der Waals surface area contributed by atoms with Gasteiger partial charge in [-0.3, -0.25) is 4.79 Å². The molecular formula is C25H31NO10. The number of nitrogens with zero attached hydrogens (tertiary/aromatic N) is 1. The van der Waals surface area contributed by atoms with Crippen LogP contribution < -0.4 is 9.47 Å². The Morgan fingerprint density at radius 2 is 1.89 bits per heavy atom. The second kappa shape index (κ2) is 9.00. The highest BCUT2D eigenvalue weighted by Gasteiger charge is 2.57. The van der Waals surface area contributed by atoms with E-state index in [0.29, 0.717) is 24.4 Å². The molecule has 0 saturated carbocycles. The number of ketones is 1. The molecule has 196 valence electrons. The fourth-order valence-electron chi connectivity index (χ4n) is 6.39. The lowest BCUT2D eigenvalue weighted by molar-refractivity contribution is -0.271. The third kappa shape index (κ3) is 3.60. The van der Waals surface area contributed by atoms with Gasteiger partial charge in [-0.2, -0.15) is 0 Å². The summed E-state index contributed by atoms with van der Waals surface area (Å²) in [6.45, 7) is 0.745. The van der Waals surface area contributed by atoms with Crippen LogP contribution in [0.15, 0.2) is 24.0 Å². The SMILES string of the molecule is COC1=CC2C3Cc4ccc(OC)c(OC5O[C@H](C(=O)O)[C@@H](O)[C@H](O)[C@H]5O)c4C2(CCN3C)CC1=O. The van der Waals surface area contributed by atoms with Crippen LogP contribution in [0.25, 0.3) is 0 Å². The van der Waals surface area contributed by atoms with Crippen molar-refractivity contribution >= 4 is 11.8 Å². The molecule has 4 aliphatic rings. The zero-order valence-electron chi connectivity index (χ0n) is 20.3. The van der Waals surface area contributed by atoms with E-state index in [9.17, 15) is 30.0 Å². The van der Waals surface area contributed by atoms with E-state index in [-0.39, 0.29) is 29.9 Å². The standard InChI is InChI=1S/C25H31NO10/c1-26-7-6-25-10-14(27)16(34-3)9-12(25)13(26)8-11-4-5-15(33-2)21(17(11)25)35-24-20(30)18(28)19(29)22(36-24)23(31)32/h4-5,9,12-13,18-20,22,24,28-30H,6-8,10H2,1-3H3,(H,31,32)/t12?,13?,18-,19-,20+,22-,24?,25?/m0/s1. The number of fused-ring (bicyclic) bond motifs is 1. The van der Waals surface area contributed by atoms with Crippen LogP contribution in [0.4, 0.5) is 0 Å². The van der Waals surface area contributed by atoms with E-state index in [2.05, 4.69) is 11.9 Å². The van der Waals surface area contributed by atoms with Gasteiger partial charge in [0.2, 0.25) is 6.29 Å². The van der Waals surface area contributed by atoms with Crippen LogP contribution in [-0.4, -0.2) is 102 Å². The van der Waals surface area contributed by atoms with E-state index in [1.807, 2.05) is 12.1 Å². The van der Waals surface area contributed by atoms with E-state index in [1.165, 1.54) is 14.2 Å². The van der Waals surface area contributed by atoms with E-state index in [1.54, 1.807) is 6.07 Å². The van der Waals surface area contributed by atoms with E-state index >= 15 is 0 Å². The highest BCUT2D eigenvalue weighted by Crippen LogP contribution is 2.58. The number of Topliss-reactive ketones (excluding diaryl/α,β-unsaturated/α-hetero) is 1. The molecule has 2 aliphatic heterocycles. The summed E-state index contributed by atoms with van der Waals surface area (Å²) in [5.41, 5.74) is 1.05. The number of ether oxygens (including phenoxy) is 4. The minimum absolute atomic E-state index is 0.0674. The van der Waals surface area contributed by atoms with Crippen LogP contribution in [0.3, 0.4) is 0 Å². The third-order valence-electron chi connectivity index (χ3n) is 8.23. The number of carbonyl (C=O) groups is 2. The molecule has 4 N–H and O–H groups in total. The number of carboxylic acid groups (broad SMARTS) is 1. The van der Waals surface area contributed by atoms with Crippen LogP contribution in [-0.2, 0) is 30.9 Å². The molecular weight excluding hydrogens is 474 g/mol. The largest absolute Gasteiger partial charge is 0.493 e. The first-order valence-electron chi connectivity index (χ1n) is 11.9. The molecule has 0 amide bonds. The Bertz CT molecular complexity index is 1100. The van der Waals surface area contributed by atoms with Gasteiger partial charge in [-0.1, -0.05) is 6.07 Å². The smallest absolute Gasteiger partial charge is 0.335 e. The lowest BCUT2D eigenvalue weighted by Crippen LogP contribution is -2.62. The Morgan fingerprint density at radius 3 is 2.56 bits per heavy atom. The molecule has 2 fully saturated rings. The number of hydrogen-bond donors (Lipinski definition) is 4. The molecule has 2 bridgehead atoms. The summed E-state index contributed by atoms with van der Waals surface area (Å²) < 4.78 is 22.5. The van der Waals surface area contributed by atoms with E-state index < -0.39 is 42.1 Å². The molecule has 1 aromatic rings. The van der Waals surface area contributed by atoms with Crippen molar-refractivity contribution in [2.75, 3.05) is 27.8 Å². The molecule has 2 heterocycles. The summed E-state index contributed by atoms with van der Waals surface area (Å²) in [4.78, 5) is 27.0. The number of hydrogen-bond acceptors (Lipinski definition) is 10. The Morgan fingerprint density at radius 1 is 1.14 bits per heavy atom. The predicted octanol–water partition coefficient (Wildman–Crippen LogP) is -0.416. The van der Waals surface area contributed by atoms with Gasteiger partial charge in [0.05, 0.1) is 14.2 Å². The number of piperidine rings is 1. The summed E-state index contributed by atoms with van der Waals surface area (Å²) in [5, 5.41) is 40.4. The number of aliphatic hydroxyl groups is 3. The maximum atomic E-state index is 13.1. The second-order valence-electron chi connectivity index (χ2n) is 10.0. The molecule has 11 heteroatoms. The summed E-state index contributed by atoms with van der Waals surface area (Å²) in [6.07, 6.45) is -5.40. The lowest BCUT2D eigenvalue weighted by Gasteiger charge is -2.56. The molecule has 2 aliphatic carbocycles. The van der Waals surface area contributed by atoms with Crippen molar-refractivity contribution in [1.82, 2.24) is 4.90 Å². The first-order valence-corrected chi connectivity index (χ1v) is 11.9. The Hall–Kier alpha value is -2.70. The van der Waals surface area contributed by atoms with Crippen LogP contribution in [0.2, 0.25) is 0 Å². The van der Waals surface area contributed by atoms with Gasteiger partial charge in [0.25, 0.3) is 0 Å². The van der Waals surface area contributed by atoms with Crippen LogP contribution in [0, 0.1) is 5.92 Å². The lowest BCUT2D eigenvalue weighted by atomic mass is 9.53. The van der Waals surface area contributed by atoms with Crippen LogP contribution in [0.5, 0.6) is 11.5 Å². The number of allylic oxidation sites excluding steroid dienone is 1. The third-order valence-corrected chi connectivity index (χ3v) is 8.23. The van der Waals surface area contributed by atoms with Crippen molar-refractivity contribution in [2.45, 2.75) is 61.4 Å². The summed E-state index contributed by atoms with van der Waals surface area (Å²) in [6, 6.07) is 3.77. The van der Waals surface area contributed by atoms with Crippen molar-refractivity contribution < 1.29 is 49.0 Å². The van der Waals surface area contributed by atoms with E-state index in [4.69, 9.17) is 18.9 Å². The van der Waals surface area contributed by atoms with Gasteiger partial charge >= 0.3 is 5.97 Å². The normalized spacial score (nSPS) is 37.9. The monoisotopic (exact) mass is 505 g/mol. The summed E-state index contributed by atoms with van der Waals surface area (Å²) in [5.74, 6) is -0.828. The van der Waals surface area contributed by atoms with Gasteiger partial charge in [0.15, 0.2) is 29.1 Å². The van der Waals surface area contributed by atoms with Crippen molar-refractivity contribution in [1.29, 1.82) is 0 Å². The molecule has 4 unspecified atom stereocenters. The van der Waals surface area contributed by atoms with Crippen LogP contribution in [0.1, 0.15) is 24.0 Å². The quantitative estimate of drug-likeness (QED) is 0.412. The fraction of sp³-hybridized carbons (Fsp3) is 0.600. The average molecular weight is 506 g/mol. The number of rotatable bonds is 5. The number of carboxylic acids is 1. The zero-order valence-corrected chi connectivity index (χ0v) is 20.3. The Balaban J connectivity index is 1.64. The number of carbonyl (C=O) groups excluding carboxylic acids is 1. The average Bonchev–Trinajstić information content (AvgIpc) is 2.85. The maximum Gasteiger partial charge on any atom is 0.335 e. The van der Waals surface area contributed by atoms with Gasteiger partial charge in [0.1, 0.15) is 18.3 Å². The maximum absolute atomic E-state index is 13.1. The number of likely N-dealkylation sites (N-methyl/N-ethyl adjacent to an activating group) is 1. The minimum atomic E-state index is -1.84. The fourth-order valence-corrected chi connectivity index (χ4v) is 6.39. The highest BCUT2D eigenvalue weighted by atomic mass is 16.7. The number of likely N-dealkylation sites (tertiary alicyclic amines) is 1. The molecule has 0 radical (unpaired) electrons.